The lowest BCUT2D eigenvalue weighted by Crippen LogP contribution is -2.63. The predicted octanol–water partition coefficient (Wildman–Crippen LogP) is 2.80. The summed E-state index contributed by atoms with van der Waals surface area (Å²) in [7, 11) is 0. The van der Waals surface area contributed by atoms with Crippen molar-refractivity contribution in [2.45, 2.75) is 25.1 Å². The fourth-order valence-corrected chi connectivity index (χ4v) is 3.52. The summed E-state index contributed by atoms with van der Waals surface area (Å²) in [6.07, 6.45) is 1.85. The van der Waals surface area contributed by atoms with Gasteiger partial charge in [-0.15, -0.1) is 0 Å². The number of benzene rings is 2. The van der Waals surface area contributed by atoms with Crippen LogP contribution in [0.5, 0.6) is 5.75 Å². The van der Waals surface area contributed by atoms with Gasteiger partial charge in [-0.3, -0.25) is 9.69 Å². The van der Waals surface area contributed by atoms with E-state index in [1.807, 2.05) is 30.3 Å². The minimum atomic E-state index is -0.599. The Kier molecular flexibility index (Phi) is 3.54. The molecule has 1 spiro atoms. The smallest absolute Gasteiger partial charge is 0.258 e. The SMILES string of the molecule is O=C1N[C@]2(CCCN(Cc3ccccc3)C2)Oc2ccccc21. The predicted molar refractivity (Wildman–Crippen MR) is 88.2 cm³/mol. The molecule has 0 saturated carbocycles. The molecule has 1 saturated heterocycles. The summed E-state index contributed by atoms with van der Waals surface area (Å²) in [4.78, 5) is 14.8. The molecule has 2 aromatic carbocycles. The summed E-state index contributed by atoms with van der Waals surface area (Å²) in [5.74, 6) is 0.659. The average Bonchev–Trinajstić information content (AvgIpc) is 2.56. The number of para-hydroxylation sites is 1. The zero-order valence-corrected chi connectivity index (χ0v) is 13.0. The first-order valence-electron chi connectivity index (χ1n) is 8.11. The summed E-state index contributed by atoms with van der Waals surface area (Å²) in [6, 6.07) is 17.9. The van der Waals surface area contributed by atoms with Crippen LogP contribution in [0.2, 0.25) is 0 Å². The van der Waals surface area contributed by atoms with Crippen molar-refractivity contribution in [1.29, 1.82) is 0 Å². The summed E-state index contributed by atoms with van der Waals surface area (Å²) in [5, 5.41) is 3.10. The first-order chi connectivity index (χ1) is 11.2. The van der Waals surface area contributed by atoms with Gasteiger partial charge >= 0.3 is 0 Å². The van der Waals surface area contributed by atoms with Crippen LogP contribution >= 0.6 is 0 Å². The zero-order valence-electron chi connectivity index (χ0n) is 13.0. The fraction of sp³-hybridized carbons (Fsp3) is 0.316. The molecule has 0 unspecified atom stereocenters. The molecule has 1 atom stereocenters. The third-order valence-corrected chi connectivity index (χ3v) is 4.56. The van der Waals surface area contributed by atoms with Gasteiger partial charge in [-0.25, -0.2) is 0 Å². The van der Waals surface area contributed by atoms with Crippen LogP contribution in [-0.2, 0) is 6.54 Å². The lowest BCUT2D eigenvalue weighted by atomic mass is 9.97. The topological polar surface area (TPSA) is 41.6 Å². The maximum Gasteiger partial charge on any atom is 0.258 e. The second-order valence-electron chi connectivity index (χ2n) is 6.35. The van der Waals surface area contributed by atoms with Crippen molar-refractivity contribution < 1.29 is 9.53 Å². The number of carbonyl (C=O) groups excluding carboxylic acids is 1. The molecule has 0 aliphatic carbocycles. The molecule has 0 aromatic heterocycles. The molecule has 4 heteroatoms. The van der Waals surface area contributed by atoms with Gasteiger partial charge in [-0.05, 0) is 30.7 Å². The largest absolute Gasteiger partial charge is 0.466 e. The van der Waals surface area contributed by atoms with Crippen LogP contribution in [0.25, 0.3) is 0 Å². The second-order valence-corrected chi connectivity index (χ2v) is 6.35. The zero-order chi connectivity index (χ0) is 15.7. The molecule has 4 nitrogen and oxygen atoms in total. The van der Waals surface area contributed by atoms with Crippen molar-refractivity contribution in [3.05, 3.63) is 65.7 Å². The lowest BCUT2D eigenvalue weighted by molar-refractivity contribution is -0.0393. The third-order valence-electron chi connectivity index (χ3n) is 4.56. The Morgan fingerprint density at radius 3 is 2.74 bits per heavy atom. The molecule has 1 amide bonds. The second kappa shape index (κ2) is 5.70. The van der Waals surface area contributed by atoms with Crippen molar-refractivity contribution in [2.24, 2.45) is 0 Å². The van der Waals surface area contributed by atoms with Crippen molar-refractivity contribution >= 4 is 5.91 Å². The van der Waals surface area contributed by atoms with Crippen LogP contribution in [0.4, 0.5) is 0 Å². The number of nitrogens with zero attached hydrogens (tertiary/aromatic N) is 1. The number of carbonyl (C=O) groups is 1. The standard InChI is InChI=1S/C19H20N2O2/c22-18-16-9-4-5-10-17(16)23-19(20-18)11-6-12-21(14-19)13-15-7-2-1-3-8-15/h1-5,7-10H,6,11-14H2,(H,20,22)/t19-/m1/s1. The quantitative estimate of drug-likeness (QED) is 0.927. The van der Waals surface area contributed by atoms with Gasteiger partial charge in [0.15, 0.2) is 5.72 Å². The van der Waals surface area contributed by atoms with E-state index in [1.165, 1.54) is 5.56 Å². The highest BCUT2D eigenvalue weighted by Gasteiger charge is 2.42. The van der Waals surface area contributed by atoms with Gasteiger partial charge in [-0.2, -0.15) is 0 Å². The van der Waals surface area contributed by atoms with Gasteiger partial charge in [0, 0.05) is 13.0 Å². The van der Waals surface area contributed by atoms with Crippen LogP contribution in [-0.4, -0.2) is 29.6 Å². The van der Waals surface area contributed by atoms with E-state index in [-0.39, 0.29) is 5.91 Å². The summed E-state index contributed by atoms with van der Waals surface area (Å²) in [6.45, 7) is 2.61. The number of amides is 1. The monoisotopic (exact) mass is 308 g/mol. The Bertz CT molecular complexity index is 716. The summed E-state index contributed by atoms with van der Waals surface area (Å²) in [5.41, 5.74) is 1.31. The molecule has 2 heterocycles. The fourth-order valence-electron chi connectivity index (χ4n) is 3.52. The van der Waals surface area contributed by atoms with E-state index < -0.39 is 5.72 Å². The summed E-state index contributed by atoms with van der Waals surface area (Å²) < 4.78 is 6.23. The number of ether oxygens (including phenoxy) is 1. The van der Waals surface area contributed by atoms with Gasteiger partial charge in [0.05, 0.1) is 12.1 Å². The van der Waals surface area contributed by atoms with Gasteiger partial charge in [0.2, 0.25) is 0 Å². The van der Waals surface area contributed by atoms with Crippen molar-refractivity contribution in [2.75, 3.05) is 13.1 Å². The third kappa shape index (κ3) is 2.82. The maximum absolute atomic E-state index is 12.4. The van der Waals surface area contributed by atoms with Gasteiger partial charge in [-0.1, -0.05) is 42.5 Å². The van der Waals surface area contributed by atoms with Crippen LogP contribution in [0.15, 0.2) is 54.6 Å². The highest BCUT2D eigenvalue weighted by molar-refractivity contribution is 5.98. The Hall–Kier alpha value is -2.33. The molecule has 4 rings (SSSR count). The molecule has 2 aliphatic heterocycles. The minimum absolute atomic E-state index is 0.0339. The molecule has 1 fully saturated rings. The van der Waals surface area contributed by atoms with Gasteiger partial charge < -0.3 is 10.1 Å². The molecule has 23 heavy (non-hydrogen) atoms. The molecular weight excluding hydrogens is 288 g/mol. The molecule has 2 aliphatic rings. The number of rotatable bonds is 2. The Labute approximate surface area is 136 Å². The molecule has 2 aromatic rings. The highest BCUT2D eigenvalue weighted by atomic mass is 16.5. The Morgan fingerprint density at radius 1 is 1.09 bits per heavy atom. The van der Waals surface area contributed by atoms with Gasteiger partial charge in [0.1, 0.15) is 5.75 Å². The molecule has 0 bridgehead atoms. The average molecular weight is 308 g/mol. The van der Waals surface area contributed by atoms with E-state index in [2.05, 4.69) is 34.5 Å². The normalized spacial score (nSPS) is 23.9. The first kappa shape index (κ1) is 14.3. The lowest BCUT2D eigenvalue weighted by Gasteiger charge is -2.45. The van der Waals surface area contributed by atoms with Crippen molar-refractivity contribution in [3.8, 4) is 5.75 Å². The number of fused-ring (bicyclic) bond motifs is 1. The number of hydrogen-bond donors (Lipinski definition) is 1. The molecule has 1 N–H and O–H groups in total. The molecular formula is C19H20N2O2. The van der Waals surface area contributed by atoms with E-state index in [9.17, 15) is 4.79 Å². The number of likely N-dealkylation sites (tertiary alicyclic amines) is 1. The Morgan fingerprint density at radius 2 is 1.87 bits per heavy atom. The van der Waals surface area contributed by atoms with Crippen LogP contribution in [0.3, 0.4) is 0 Å². The van der Waals surface area contributed by atoms with Crippen molar-refractivity contribution in [3.63, 3.8) is 0 Å². The van der Waals surface area contributed by atoms with E-state index in [4.69, 9.17) is 4.74 Å². The van der Waals surface area contributed by atoms with Gasteiger partial charge in [0.25, 0.3) is 5.91 Å². The number of nitrogens with one attached hydrogen (secondary N) is 1. The number of hydrogen-bond acceptors (Lipinski definition) is 3. The van der Waals surface area contributed by atoms with E-state index in [0.717, 1.165) is 25.9 Å². The highest BCUT2D eigenvalue weighted by Crippen LogP contribution is 2.32. The van der Waals surface area contributed by atoms with E-state index in [0.29, 0.717) is 17.9 Å². The number of piperidine rings is 1. The molecule has 118 valence electrons. The van der Waals surface area contributed by atoms with Crippen LogP contribution in [0.1, 0.15) is 28.8 Å². The van der Waals surface area contributed by atoms with Crippen molar-refractivity contribution in [1.82, 2.24) is 10.2 Å². The van der Waals surface area contributed by atoms with E-state index in [1.54, 1.807) is 0 Å². The van der Waals surface area contributed by atoms with Crippen LogP contribution in [0, 0.1) is 0 Å². The Balaban J connectivity index is 1.54. The molecule has 0 radical (unpaired) electrons. The van der Waals surface area contributed by atoms with Crippen LogP contribution < -0.4 is 10.1 Å². The maximum atomic E-state index is 12.4. The summed E-state index contributed by atoms with van der Waals surface area (Å²) >= 11 is 0. The van der Waals surface area contributed by atoms with E-state index >= 15 is 0 Å². The minimum Gasteiger partial charge on any atom is -0.466 e. The first-order valence-corrected chi connectivity index (χ1v) is 8.11.